The van der Waals surface area contributed by atoms with Crippen molar-refractivity contribution in [3.63, 3.8) is 0 Å². The average Bonchev–Trinajstić information content (AvgIpc) is 3.21. The Balaban J connectivity index is 1.60. The van der Waals surface area contributed by atoms with Gasteiger partial charge in [-0.3, -0.25) is 19.1 Å². The lowest BCUT2D eigenvalue weighted by Gasteiger charge is -2.38. The summed E-state index contributed by atoms with van der Waals surface area (Å²) in [5.41, 5.74) is 6.71. The number of halogens is 1. The lowest BCUT2D eigenvalue weighted by atomic mass is 9.84. The maximum atomic E-state index is 13.5. The fraction of sp³-hybridized carbons (Fsp3) is 0.407. The number of benzene rings is 2. The van der Waals surface area contributed by atoms with Crippen LogP contribution in [0.3, 0.4) is 0 Å². The van der Waals surface area contributed by atoms with Gasteiger partial charge < -0.3 is 16.0 Å². The van der Waals surface area contributed by atoms with E-state index in [2.05, 4.69) is 10.4 Å². The van der Waals surface area contributed by atoms with Crippen LogP contribution in [0, 0.1) is 17.2 Å². The minimum absolute atomic E-state index is 0.211. The number of para-hydroxylation sites is 1. The number of nitrogens with zero attached hydrogens (tertiary/aromatic N) is 3. The zero-order valence-corrected chi connectivity index (χ0v) is 20.8. The second-order valence-corrected chi connectivity index (χ2v) is 10.4. The second-order valence-electron chi connectivity index (χ2n) is 10.4. The fourth-order valence-electron chi connectivity index (χ4n) is 4.62. The normalized spacial score (nSPS) is 17.1. The van der Waals surface area contributed by atoms with Crippen molar-refractivity contribution in [2.75, 3.05) is 13.1 Å². The molecule has 2 heterocycles. The van der Waals surface area contributed by atoms with E-state index in [4.69, 9.17) is 5.73 Å². The van der Waals surface area contributed by atoms with Gasteiger partial charge >= 0.3 is 0 Å². The zero-order valence-electron chi connectivity index (χ0n) is 20.8. The summed E-state index contributed by atoms with van der Waals surface area (Å²) in [6, 6.07) is 12.7. The predicted octanol–water partition coefficient (Wildman–Crippen LogP) is 3.09. The lowest BCUT2D eigenvalue weighted by molar-refractivity contribution is -0.139. The fourth-order valence-corrected chi connectivity index (χ4v) is 4.62. The van der Waals surface area contributed by atoms with E-state index >= 15 is 0 Å². The monoisotopic (exact) mass is 493 g/mol. The molecule has 8 nitrogen and oxygen atoms in total. The number of carbonyl (C=O) groups is 3. The SMILES string of the molecule is CC(C)(C)[C@H](NC(=O)c1nn(Cc2ccc(F)cc2)c2ccccc12)C(=O)N1CCCC(C(N)=O)C1. The van der Waals surface area contributed by atoms with Gasteiger partial charge in [-0.05, 0) is 42.0 Å². The number of nitrogens with two attached hydrogens (primary N) is 1. The van der Waals surface area contributed by atoms with Crippen molar-refractivity contribution in [3.05, 3.63) is 65.6 Å². The Kier molecular flexibility index (Phi) is 7.10. The maximum absolute atomic E-state index is 13.5. The number of primary amides is 1. The molecule has 4 rings (SSSR count). The maximum Gasteiger partial charge on any atom is 0.273 e. The number of likely N-dealkylation sites (tertiary alicyclic amines) is 1. The standard InChI is InChI=1S/C27H32FN5O3/c1-27(2,3)23(26(36)32-14-6-7-18(16-32)24(29)34)30-25(35)22-20-8-4-5-9-21(20)33(31-22)15-17-10-12-19(28)13-11-17/h4-5,8-13,18,23H,6-7,14-16H2,1-3H3,(H2,29,34)(H,30,35)/t18?,23-/m1/s1. The first-order valence-electron chi connectivity index (χ1n) is 12.1. The number of piperidine rings is 1. The van der Waals surface area contributed by atoms with Crippen LogP contribution in [0.1, 0.15) is 49.7 Å². The quantitative estimate of drug-likeness (QED) is 0.550. The molecule has 3 aromatic rings. The van der Waals surface area contributed by atoms with Crippen LogP contribution in [0.2, 0.25) is 0 Å². The van der Waals surface area contributed by atoms with Crippen LogP contribution in [0.25, 0.3) is 10.9 Å². The number of amides is 3. The number of carbonyl (C=O) groups excluding carboxylic acids is 3. The van der Waals surface area contributed by atoms with Gasteiger partial charge in [0.1, 0.15) is 11.9 Å². The summed E-state index contributed by atoms with van der Waals surface area (Å²) in [5.74, 6) is -1.82. The van der Waals surface area contributed by atoms with Gasteiger partial charge in [-0.2, -0.15) is 5.10 Å². The van der Waals surface area contributed by atoms with Gasteiger partial charge in [0.15, 0.2) is 5.69 Å². The average molecular weight is 494 g/mol. The van der Waals surface area contributed by atoms with Gasteiger partial charge in [0.25, 0.3) is 5.91 Å². The number of fused-ring (bicyclic) bond motifs is 1. The first-order chi connectivity index (χ1) is 17.0. The van der Waals surface area contributed by atoms with Gasteiger partial charge in [-0.1, -0.05) is 51.1 Å². The van der Waals surface area contributed by atoms with E-state index < -0.39 is 23.3 Å². The Bertz CT molecular complexity index is 1280. The van der Waals surface area contributed by atoms with Gasteiger partial charge in [0, 0.05) is 18.5 Å². The molecule has 9 heteroatoms. The first-order valence-corrected chi connectivity index (χ1v) is 12.1. The van der Waals surface area contributed by atoms with Crippen LogP contribution in [0.15, 0.2) is 48.5 Å². The molecule has 0 bridgehead atoms. The molecule has 0 aliphatic carbocycles. The Morgan fingerprint density at radius 3 is 2.50 bits per heavy atom. The summed E-state index contributed by atoms with van der Waals surface area (Å²) in [4.78, 5) is 40.4. The molecule has 1 aromatic heterocycles. The molecule has 1 fully saturated rings. The molecule has 2 aromatic carbocycles. The minimum Gasteiger partial charge on any atom is -0.369 e. The van der Waals surface area contributed by atoms with Crippen molar-refractivity contribution in [2.24, 2.45) is 17.1 Å². The number of rotatable bonds is 6. The summed E-state index contributed by atoms with van der Waals surface area (Å²) < 4.78 is 15.0. The number of hydrogen-bond donors (Lipinski definition) is 2. The van der Waals surface area contributed by atoms with Crippen molar-refractivity contribution in [3.8, 4) is 0 Å². The number of aromatic nitrogens is 2. The van der Waals surface area contributed by atoms with Gasteiger partial charge in [0.05, 0.1) is 18.0 Å². The van der Waals surface area contributed by atoms with E-state index in [9.17, 15) is 18.8 Å². The van der Waals surface area contributed by atoms with Crippen LogP contribution in [-0.2, 0) is 16.1 Å². The van der Waals surface area contributed by atoms with Crippen LogP contribution >= 0.6 is 0 Å². The Morgan fingerprint density at radius 1 is 1.14 bits per heavy atom. The minimum atomic E-state index is -0.822. The molecule has 0 spiro atoms. The molecular weight excluding hydrogens is 461 g/mol. The molecule has 3 N–H and O–H groups in total. The van der Waals surface area contributed by atoms with Crippen molar-refractivity contribution >= 4 is 28.6 Å². The summed E-state index contributed by atoms with van der Waals surface area (Å²) in [6.07, 6.45) is 1.34. The molecule has 0 radical (unpaired) electrons. The second kappa shape index (κ2) is 10.1. The van der Waals surface area contributed by atoms with E-state index in [1.165, 1.54) is 12.1 Å². The topological polar surface area (TPSA) is 110 Å². The molecule has 1 saturated heterocycles. The van der Waals surface area contributed by atoms with Crippen molar-refractivity contribution in [1.29, 1.82) is 0 Å². The summed E-state index contributed by atoms with van der Waals surface area (Å²) >= 11 is 0. The highest BCUT2D eigenvalue weighted by Crippen LogP contribution is 2.26. The molecule has 0 saturated carbocycles. The molecule has 1 unspecified atom stereocenters. The highest BCUT2D eigenvalue weighted by molar-refractivity contribution is 6.06. The van der Waals surface area contributed by atoms with Crippen LogP contribution in [0.4, 0.5) is 4.39 Å². The zero-order chi connectivity index (χ0) is 26.0. The molecule has 3 amide bonds. The van der Waals surface area contributed by atoms with Crippen molar-refractivity contribution in [2.45, 2.75) is 46.2 Å². The highest BCUT2D eigenvalue weighted by atomic mass is 19.1. The van der Waals surface area contributed by atoms with E-state index in [0.717, 1.165) is 11.1 Å². The van der Waals surface area contributed by atoms with E-state index in [1.54, 1.807) is 21.7 Å². The molecular formula is C27H32FN5O3. The third kappa shape index (κ3) is 5.40. The smallest absolute Gasteiger partial charge is 0.273 e. The molecule has 1 aliphatic heterocycles. The van der Waals surface area contributed by atoms with Crippen molar-refractivity contribution in [1.82, 2.24) is 20.0 Å². The molecule has 2 atom stereocenters. The predicted molar refractivity (Wildman–Crippen MR) is 134 cm³/mol. The number of nitrogens with one attached hydrogen (secondary N) is 1. The first kappa shape index (κ1) is 25.3. The highest BCUT2D eigenvalue weighted by Gasteiger charge is 2.38. The molecule has 36 heavy (non-hydrogen) atoms. The van der Waals surface area contributed by atoms with Gasteiger partial charge in [-0.15, -0.1) is 0 Å². The Morgan fingerprint density at radius 2 is 1.83 bits per heavy atom. The van der Waals surface area contributed by atoms with Crippen LogP contribution < -0.4 is 11.1 Å². The third-order valence-electron chi connectivity index (χ3n) is 6.64. The van der Waals surface area contributed by atoms with Crippen LogP contribution in [0.5, 0.6) is 0 Å². The molecule has 1 aliphatic rings. The summed E-state index contributed by atoms with van der Waals surface area (Å²) in [5, 5.41) is 8.15. The Labute approximate surface area is 209 Å². The lowest BCUT2D eigenvalue weighted by Crippen LogP contribution is -2.57. The van der Waals surface area contributed by atoms with E-state index in [-0.39, 0.29) is 29.9 Å². The third-order valence-corrected chi connectivity index (χ3v) is 6.64. The van der Waals surface area contributed by atoms with Gasteiger partial charge in [0.2, 0.25) is 11.8 Å². The summed E-state index contributed by atoms with van der Waals surface area (Å²) in [7, 11) is 0. The summed E-state index contributed by atoms with van der Waals surface area (Å²) in [6.45, 7) is 6.79. The van der Waals surface area contributed by atoms with E-state index in [1.807, 2.05) is 45.0 Å². The van der Waals surface area contributed by atoms with Crippen molar-refractivity contribution < 1.29 is 18.8 Å². The van der Waals surface area contributed by atoms with Gasteiger partial charge in [-0.25, -0.2) is 4.39 Å². The van der Waals surface area contributed by atoms with E-state index in [0.29, 0.717) is 31.3 Å². The number of hydrogen-bond acceptors (Lipinski definition) is 4. The van der Waals surface area contributed by atoms with Crippen LogP contribution in [-0.4, -0.2) is 51.5 Å². The largest absolute Gasteiger partial charge is 0.369 e. The Hall–Kier alpha value is -3.75. The molecule has 190 valence electrons.